The van der Waals surface area contributed by atoms with E-state index >= 15 is 0 Å². The van der Waals surface area contributed by atoms with Gasteiger partial charge in [0.2, 0.25) is 0 Å². The summed E-state index contributed by atoms with van der Waals surface area (Å²) in [7, 11) is 0. The third kappa shape index (κ3) is 3.23. The maximum absolute atomic E-state index is 13.2. The molecular weight excluding hydrogens is 295 g/mol. The van der Waals surface area contributed by atoms with Crippen molar-refractivity contribution in [1.82, 2.24) is 0 Å². The average molecular weight is 315 g/mol. The number of hydrogen-bond donors (Lipinski definition) is 2. The number of nitrogens with one attached hydrogen (secondary N) is 1. The Morgan fingerprint density at radius 2 is 2.22 bits per heavy atom. The van der Waals surface area contributed by atoms with Crippen molar-refractivity contribution in [2.45, 2.75) is 38.1 Å². The van der Waals surface area contributed by atoms with Gasteiger partial charge in [-0.1, -0.05) is 19.3 Å². The third-order valence-corrected chi connectivity index (χ3v) is 4.39. The van der Waals surface area contributed by atoms with Crippen LogP contribution in [0.4, 0.5) is 10.1 Å². The molecular formula is C14H20BrFN2. The molecule has 100 valence electrons. The molecule has 1 saturated carbocycles. The molecule has 0 amide bonds. The van der Waals surface area contributed by atoms with Gasteiger partial charge in [-0.05, 0) is 53.4 Å². The first-order chi connectivity index (χ1) is 8.52. The van der Waals surface area contributed by atoms with E-state index in [1.807, 2.05) is 0 Å². The Balaban J connectivity index is 2.05. The van der Waals surface area contributed by atoms with Crippen LogP contribution >= 0.6 is 15.9 Å². The highest BCUT2D eigenvalue weighted by atomic mass is 79.9. The van der Waals surface area contributed by atoms with E-state index in [0.29, 0.717) is 11.0 Å². The summed E-state index contributed by atoms with van der Waals surface area (Å²) in [5.41, 5.74) is 6.71. The summed E-state index contributed by atoms with van der Waals surface area (Å²) in [4.78, 5) is 0. The van der Waals surface area contributed by atoms with Crippen LogP contribution in [0.25, 0.3) is 0 Å². The Morgan fingerprint density at radius 3 is 2.72 bits per heavy atom. The van der Waals surface area contributed by atoms with Crippen LogP contribution in [0.15, 0.2) is 22.7 Å². The predicted octanol–water partition coefficient (Wildman–Crippen LogP) is 3.91. The van der Waals surface area contributed by atoms with Crippen molar-refractivity contribution in [3.63, 3.8) is 0 Å². The van der Waals surface area contributed by atoms with E-state index in [1.165, 1.54) is 25.3 Å². The largest absolute Gasteiger partial charge is 0.379 e. The van der Waals surface area contributed by atoms with Gasteiger partial charge < -0.3 is 11.1 Å². The van der Waals surface area contributed by atoms with Crippen LogP contribution in [-0.4, -0.2) is 12.1 Å². The first kappa shape index (κ1) is 13.8. The number of rotatable bonds is 5. The van der Waals surface area contributed by atoms with E-state index in [9.17, 15) is 4.39 Å². The minimum atomic E-state index is -0.242. The van der Waals surface area contributed by atoms with Crippen molar-refractivity contribution >= 4 is 21.6 Å². The standard InChI is InChI=1S/C14H20BrFN2/c1-14(9-17,8-10-3-2-4-10)18-11-5-6-13(16)12(15)7-11/h5-7,10,18H,2-4,8-9,17H2,1H3. The monoisotopic (exact) mass is 314 g/mol. The fraction of sp³-hybridized carbons (Fsp3) is 0.571. The van der Waals surface area contributed by atoms with Gasteiger partial charge >= 0.3 is 0 Å². The molecule has 0 saturated heterocycles. The van der Waals surface area contributed by atoms with Crippen molar-refractivity contribution in [3.05, 3.63) is 28.5 Å². The first-order valence-corrected chi connectivity index (χ1v) is 7.25. The van der Waals surface area contributed by atoms with E-state index < -0.39 is 0 Å². The number of hydrogen-bond acceptors (Lipinski definition) is 2. The molecule has 0 radical (unpaired) electrons. The summed E-state index contributed by atoms with van der Waals surface area (Å²) in [6.45, 7) is 2.72. The van der Waals surface area contributed by atoms with Crippen LogP contribution < -0.4 is 11.1 Å². The van der Waals surface area contributed by atoms with E-state index in [-0.39, 0.29) is 11.4 Å². The van der Waals surface area contributed by atoms with Gasteiger partial charge in [0, 0.05) is 17.8 Å². The summed E-state index contributed by atoms with van der Waals surface area (Å²) in [6, 6.07) is 4.99. The SMILES string of the molecule is CC(CN)(CC1CCC1)Nc1ccc(F)c(Br)c1. The zero-order valence-corrected chi connectivity index (χ0v) is 12.3. The van der Waals surface area contributed by atoms with Crippen molar-refractivity contribution < 1.29 is 4.39 Å². The van der Waals surface area contributed by atoms with Gasteiger partial charge in [0.1, 0.15) is 5.82 Å². The van der Waals surface area contributed by atoms with E-state index in [1.54, 1.807) is 12.1 Å². The fourth-order valence-electron chi connectivity index (χ4n) is 2.44. The van der Waals surface area contributed by atoms with Crippen molar-refractivity contribution in [3.8, 4) is 0 Å². The van der Waals surface area contributed by atoms with Gasteiger partial charge in [0.15, 0.2) is 0 Å². The van der Waals surface area contributed by atoms with Crippen molar-refractivity contribution in [2.75, 3.05) is 11.9 Å². The highest BCUT2D eigenvalue weighted by Crippen LogP contribution is 2.35. The summed E-state index contributed by atoms with van der Waals surface area (Å²) < 4.78 is 13.7. The highest BCUT2D eigenvalue weighted by molar-refractivity contribution is 9.10. The van der Waals surface area contributed by atoms with E-state index in [2.05, 4.69) is 28.2 Å². The lowest BCUT2D eigenvalue weighted by atomic mass is 9.76. The molecule has 3 N–H and O–H groups in total. The highest BCUT2D eigenvalue weighted by Gasteiger charge is 2.29. The molecule has 4 heteroatoms. The van der Waals surface area contributed by atoms with Crippen LogP contribution in [-0.2, 0) is 0 Å². The minimum Gasteiger partial charge on any atom is -0.379 e. The lowest BCUT2D eigenvalue weighted by Crippen LogP contribution is -2.45. The molecule has 0 aliphatic heterocycles. The Hall–Kier alpha value is -0.610. The molecule has 2 rings (SSSR count). The molecule has 1 aliphatic rings. The molecule has 1 atom stereocenters. The van der Waals surface area contributed by atoms with Crippen molar-refractivity contribution in [2.24, 2.45) is 11.7 Å². The molecule has 1 fully saturated rings. The lowest BCUT2D eigenvalue weighted by molar-refractivity contribution is 0.248. The second kappa shape index (κ2) is 5.57. The third-order valence-electron chi connectivity index (χ3n) is 3.78. The molecule has 0 bridgehead atoms. The normalized spacial score (nSPS) is 19.1. The number of anilines is 1. The Labute approximate surface area is 116 Å². The van der Waals surface area contributed by atoms with Crippen LogP contribution in [0.3, 0.4) is 0 Å². The predicted molar refractivity (Wildman–Crippen MR) is 77.1 cm³/mol. The van der Waals surface area contributed by atoms with Gasteiger partial charge in [0.25, 0.3) is 0 Å². The van der Waals surface area contributed by atoms with Crippen LogP contribution in [0.2, 0.25) is 0 Å². The first-order valence-electron chi connectivity index (χ1n) is 6.46. The van der Waals surface area contributed by atoms with Crippen LogP contribution in [0.1, 0.15) is 32.6 Å². The molecule has 0 aromatic heterocycles. The summed E-state index contributed by atoms with van der Waals surface area (Å²) in [5, 5.41) is 3.45. The lowest BCUT2D eigenvalue weighted by Gasteiger charge is -2.37. The topological polar surface area (TPSA) is 38.0 Å². The van der Waals surface area contributed by atoms with Gasteiger partial charge in [0.05, 0.1) is 4.47 Å². The average Bonchev–Trinajstić information content (AvgIpc) is 2.29. The van der Waals surface area contributed by atoms with Gasteiger partial charge in [-0.25, -0.2) is 4.39 Å². The maximum Gasteiger partial charge on any atom is 0.137 e. The molecule has 2 nitrogen and oxygen atoms in total. The van der Waals surface area contributed by atoms with E-state index in [0.717, 1.165) is 18.0 Å². The van der Waals surface area contributed by atoms with Gasteiger partial charge in [-0.15, -0.1) is 0 Å². The van der Waals surface area contributed by atoms with Crippen molar-refractivity contribution in [1.29, 1.82) is 0 Å². The minimum absolute atomic E-state index is 0.109. The summed E-state index contributed by atoms with van der Waals surface area (Å²) in [6.07, 6.45) is 5.04. The Bertz CT molecular complexity index is 420. The zero-order valence-electron chi connectivity index (χ0n) is 10.7. The maximum atomic E-state index is 13.2. The molecule has 1 aliphatic carbocycles. The van der Waals surface area contributed by atoms with Gasteiger partial charge in [-0.3, -0.25) is 0 Å². The number of halogens is 2. The molecule has 18 heavy (non-hydrogen) atoms. The Kier molecular flexibility index (Phi) is 4.28. The summed E-state index contributed by atoms with van der Waals surface area (Å²) >= 11 is 3.20. The quantitative estimate of drug-likeness (QED) is 0.864. The van der Waals surface area contributed by atoms with Crippen LogP contribution in [0.5, 0.6) is 0 Å². The zero-order chi connectivity index (χ0) is 13.2. The van der Waals surface area contributed by atoms with Gasteiger partial charge in [-0.2, -0.15) is 0 Å². The second-order valence-electron chi connectivity index (χ2n) is 5.52. The van der Waals surface area contributed by atoms with Crippen LogP contribution in [0, 0.1) is 11.7 Å². The molecule has 1 unspecified atom stereocenters. The fourth-order valence-corrected chi connectivity index (χ4v) is 2.82. The molecule has 1 aromatic rings. The molecule has 0 spiro atoms. The molecule has 1 aromatic carbocycles. The van der Waals surface area contributed by atoms with E-state index in [4.69, 9.17) is 5.73 Å². The number of nitrogens with two attached hydrogens (primary N) is 1. The molecule has 0 heterocycles. The number of benzene rings is 1. The Morgan fingerprint density at radius 1 is 1.50 bits per heavy atom. The second-order valence-corrected chi connectivity index (χ2v) is 6.37. The smallest absolute Gasteiger partial charge is 0.137 e. The summed E-state index contributed by atoms with van der Waals surface area (Å²) in [5.74, 6) is 0.545.